The summed E-state index contributed by atoms with van der Waals surface area (Å²) in [5, 5.41) is 0.428. The van der Waals surface area contributed by atoms with E-state index in [-0.39, 0.29) is 4.90 Å². The zero-order valence-corrected chi connectivity index (χ0v) is 12.8. The van der Waals surface area contributed by atoms with Gasteiger partial charge in [0.15, 0.2) is 0 Å². The summed E-state index contributed by atoms with van der Waals surface area (Å²) in [5.41, 5.74) is 6.42. The van der Waals surface area contributed by atoms with Crippen molar-refractivity contribution in [2.75, 3.05) is 10.5 Å². The average Bonchev–Trinajstić information content (AvgIpc) is 2.34. The lowest BCUT2D eigenvalue weighted by atomic mass is 10.3. The molecule has 0 aliphatic rings. The van der Waals surface area contributed by atoms with Gasteiger partial charge in [-0.2, -0.15) is 0 Å². The number of nitrogen functional groups attached to an aromatic ring is 1. The number of anilines is 2. The normalized spacial score (nSPS) is 11.3. The number of hydrogen-bond acceptors (Lipinski definition) is 3. The fraction of sp³-hybridized carbons (Fsp3) is 0. The molecule has 0 aromatic heterocycles. The number of halogens is 2. The zero-order valence-electron chi connectivity index (χ0n) is 9.60. The van der Waals surface area contributed by atoms with Gasteiger partial charge in [0.1, 0.15) is 0 Å². The predicted octanol–water partition coefficient (Wildman–Crippen LogP) is 3.49. The van der Waals surface area contributed by atoms with Crippen molar-refractivity contribution < 1.29 is 8.42 Å². The molecule has 0 spiro atoms. The van der Waals surface area contributed by atoms with E-state index in [1.165, 1.54) is 30.3 Å². The first-order chi connectivity index (χ1) is 8.88. The minimum atomic E-state index is -3.64. The van der Waals surface area contributed by atoms with Gasteiger partial charge in [-0.15, -0.1) is 0 Å². The van der Waals surface area contributed by atoms with Gasteiger partial charge in [0, 0.05) is 10.2 Å². The lowest BCUT2D eigenvalue weighted by Crippen LogP contribution is -2.12. The molecule has 2 aromatic carbocycles. The first-order valence-corrected chi connectivity index (χ1v) is 7.87. The summed E-state index contributed by atoms with van der Waals surface area (Å²) < 4.78 is 27.4. The van der Waals surface area contributed by atoms with Crippen LogP contribution in [-0.4, -0.2) is 8.42 Å². The van der Waals surface area contributed by atoms with E-state index in [0.717, 1.165) is 0 Å². The van der Waals surface area contributed by atoms with Crippen molar-refractivity contribution in [2.24, 2.45) is 0 Å². The predicted molar refractivity (Wildman–Crippen MR) is 80.8 cm³/mol. The van der Waals surface area contributed by atoms with Gasteiger partial charge in [-0.25, -0.2) is 8.42 Å². The molecular formula is C12H10BrClN2O2S. The topological polar surface area (TPSA) is 72.2 Å². The molecule has 0 heterocycles. The Morgan fingerprint density at radius 2 is 1.74 bits per heavy atom. The molecule has 0 saturated heterocycles. The first-order valence-electron chi connectivity index (χ1n) is 5.22. The van der Waals surface area contributed by atoms with E-state index < -0.39 is 10.0 Å². The third-order valence-electron chi connectivity index (χ3n) is 2.36. The van der Waals surface area contributed by atoms with Crippen LogP contribution in [0.2, 0.25) is 5.02 Å². The molecule has 19 heavy (non-hydrogen) atoms. The van der Waals surface area contributed by atoms with Crippen LogP contribution in [0.15, 0.2) is 51.8 Å². The van der Waals surface area contributed by atoms with Crippen LogP contribution in [-0.2, 0) is 10.0 Å². The summed E-state index contributed by atoms with van der Waals surface area (Å²) in [4.78, 5) is 0.140. The van der Waals surface area contributed by atoms with Crippen LogP contribution in [0.4, 0.5) is 11.4 Å². The van der Waals surface area contributed by atoms with Crippen molar-refractivity contribution in [1.29, 1.82) is 0 Å². The summed E-state index contributed by atoms with van der Waals surface area (Å²) in [6.45, 7) is 0. The maximum atomic E-state index is 12.1. The Hall–Kier alpha value is -1.24. The molecule has 2 aromatic rings. The summed E-state index contributed by atoms with van der Waals surface area (Å²) in [5.74, 6) is 0. The van der Waals surface area contributed by atoms with E-state index in [1.54, 1.807) is 12.1 Å². The summed E-state index contributed by atoms with van der Waals surface area (Å²) in [7, 11) is -3.64. The molecule has 2 rings (SSSR count). The first kappa shape index (κ1) is 14.2. The van der Waals surface area contributed by atoms with Crippen LogP contribution in [0.3, 0.4) is 0 Å². The third kappa shape index (κ3) is 3.40. The molecule has 0 radical (unpaired) electrons. The van der Waals surface area contributed by atoms with Gasteiger partial charge in [-0.3, -0.25) is 4.72 Å². The highest BCUT2D eigenvalue weighted by Gasteiger charge is 2.14. The standard InChI is InChI=1S/C12H10BrClN2O2S/c13-11-6-3-9(7-12(11)14)16-19(17,18)10-4-1-8(15)2-5-10/h1-7,16H,15H2. The summed E-state index contributed by atoms with van der Waals surface area (Å²) >= 11 is 9.15. The van der Waals surface area contributed by atoms with E-state index in [0.29, 0.717) is 20.9 Å². The van der Waals surface area contributed by atoms with Crippen molar-refractivity contribution in [3.8, 4) is 0 Å². The van der Waals surface area contributed by atoms with Gasteiger partial charge in [0.25, 0.3) is 10.0 Å². The maximum absolute atomic E-state index is 12.1. The fourth-order valence-corrected chi connectivity index (χ4v) is 2.90. The van der Waals surface area contributed by atoms with E-state index in [4.69, 9.17) is 17.3 Å². The number of rotatable bonds is 3. The lowest BCUT2D eigenvalue weighted by molar-refractivity contribution is 0.601. The van der Waals surface area contributed by atoms with Crippen LogP contribution >= 0.6 is 27.5 Å². The number of benzene rings is 2. The molecule has 0 unspecified atom stereocenters. The second-order valence-electron chi connectivity index (χ2n) is 3.80. The molecule has 0 aliphatic heterocycles. The Labute approximate surface area is 124 Å². The van der Waals surface area contributed by atoms with Gasteiger partial charge in [0.05, 0.1) is 15.6 Å². The minimum absolute atomic E-state index is 0.140. The van der Waals surface area contributed by atoms with Crippen LogP contribution in [0.1, 0.15) is 0 Å². The Morgan fingerprint density at radius 1 is 1.11 bits per heavy atom. The van der Waals surface area contributed by atoms with Gasteiger partial charge in [-0.05, 0) is 58.4 Å². The average molecular weight is 362 g/mol. The van der Waals surface area contributed by atoms with Crippen LogP contribution < -0.4 is 10.5 Å². The molecule has 3 N–H and O–H groups in total. The molecule has 0 fully saturated rings. The maximum Gasteiger partial charge on any atom is 0.261 e. The Balaban J connectivity index is 2.30. The highest BCUT2D eigenvalue weighted by atomic mass is 79.9. The van der Waals surface area contributed by atoms with Crippen molar-refractivity contribution in [3.63, 3.8) is 0 Å². The number of hydrogen-bond donors (Lipinski definition) is 2. The second kappa shape index (κ2) is 5.40. The monoisotopic (exact) mass is 360 g/mol. The number of nitrogens with one attached hydrogen (secondary N) is 1. The smallest absolute Gasteiger partial charge is 0.261 e. The molecular weight excluding hydrogens is 352 g/mol. The minimum Gasteiger partial charge on any atom is -0.399 e. The third-order valence-corrected chi connectivity index (χ3v) is 4.99. The van der Waals surface area contributed by atoms with E-state index in [9.17, 15) is 8.42 Å². The molecule has 0 bridgehead atoms. The van der Waals surface area contributed by atoms with Crippen molar-refractivity contribution >= 4 is 48.9 Å². The van der Waals surface area contributed by atoms with Crippen LogP contribution in [0.25, 0.3) is 0 Å². The van der Waals surface area contributed by atoms with Crippen molar-refractivity contribution in [2.45, 2.75) is 4.90 Å². The quantitative estimate of drug-likeness (QED) is 0.822. The Kier molecular flexibility index (Phi) is 4.03. The van der Waals surface area contributed by atoms with E-state index in [1.807, 2.05) is 0 Å². The van der Waals surface area contributed by atoms with Gasteiger partial charge in [-0.1, -0.05) is 11.6 Å². The van der Waals surface area contributed by atoms with Crippen molar-refractivity contribution in [3.05, 3.63) is 52.0 Å². The molecule has 0 atom stereocenters. The zero-order chi connectivity index (χ0) is 14.0. The molecule has 7 heteroatoms. The van der Waals surface area contributed by atoms with Crippen molar-refractivity contribution in [1.82, 2.24) is 0 Å². The van der Waals surface area contributed by atoms with Gasteiger partial charge >= 0.3 is 0 Å². The number of nitrogens with two attached hydrogens (primary N) is 1. The second-order valence-corrected chi connectivity index (χ2v) is 6.75. The lowest BCUT2D eigenvalue weighted by Gasteiger charge is -2.09. The summed E-state index contributed by atoms with van der Waals surface area (Å²) in [6.07, 6.45) is 0. The highest BCUT2D eigenvalue weighted by Crippen LogP contribution is 2.27. The Morgan fingerprint density at radius 3 is 2.32 bits per heavy atom. The molecule has 4 nitrogen and oxygen atoms in total. The Bertz CT molecular complexity index is 702. The molecule has 0 aliphatic carbocycles. The van der Waals surface area contributed by atoms with Gasteiger partial charge < -0.3 is 5.73 Å². The van der Waals surface area contributed by atoms with Crippen LogP contribution in [0, 0.1) is 0 Å². The van der Waals surface area contributed by atoms with Crippen LogP contribution in [0.5, 0.6) is 0 Å². The van der Waals surface area contributed by atoms with E-state index >= 15 is 0 Å². The highest BCUT2D eigenvalue weighted by molar-refractivity contribution is 9.10. The molecule has 100 valence electrons. The number of sulfonamides is 1. The van der Waals surface area contributed by atoms with E-state index in [2.05, 4.69) is 20.7 Å². The van der Waals surface area contributed by atoms with Gasteiger partial charge in [0.2, 0.25) is 0 Å². The largest absolute Gasteiger partial charge is 0.399 e. The summed E-state index contributed by atoms with van der Waals surface area (Å²) in [6, 6.07) is 10.8. The molecule has 0 amide bonds. The molecule has 0 saturated carbocycles. The SMILES string of the molecule is Nc1ccc(S(=O)(=O)Nc2ccc(Br)c(Cl)c2)cc1. The fourth-order valence-electron chi connectivity index (χ4n) is 1.42.